The minimum atomic E-state index is -5.26. The van der Waals surface area contributed by atoms with Crippen LogP contribution < -0.4 is 10.2 Å². The molecule has 134 valence electrons. The molecule has 0 spiro atoms. The van der Waals surface area contributed by atoms with Crippen LogP contribution >= 0.6 is 0 Å². The molecule has 1 aromatic rings. The fraction of sp³-hybridized carbons (Fsp3) is 0.467. The molecular weight excluding hydrogens is 329 g/mol. The Labute approximate surface area is 137 Å². The Hall–Kier alpha value is -2.29. The van der Waals surface area contributed by atoms with Crippen molar-refractivity contribution in [1.29, 1.82) is 0 Å². The van der Waals surface area contributed by atoms with E-state index in [1.807, 2.05) is 0 Å². The number of hydrogen-bond donors (Lipinski definition) is 2. The van der Waals surface area contributed by atoms with Crippen molar-refractivity contribution in [3.63, 3.8) is 0 Å². The number of ether oxygens (including phenoxy) is 1. The zero-order valence-corrected chi connectivity index (χ0v) is 13.6. The maximum Gasteiger partial charge on any atom is 0.432 e. The van der Waals surface area contributed by atoms with Gasteiger partial charge in [-0.2, -0.15) is 13.2 Å². The summed E-state index contributed by atoms with van der Waals surface area (Å²) >= 11 is 0. The van der Waals surface area contributed by atoms with Crippen molar-refractivity contribution in [3.8, 4) is 0 Å². The number of hydrogen-bond acceptors (Lipinski definition) is 4. The Morgan fingerprint density at radius 1 is 1.21 bits per heavy atom. The monoisotopic (exact) mass is 348 g/mol. The summed E-state index contributed by atoms with van der Waals surface area (Å²) in [5, 5.41) is 12.3. The van der Waals surface area contributed by atoms with Crippen LogP contribution in [0.25, 0.3) is 0 Å². The molecule has 0 saturated heterocycles. The van der Waals surface area contributed by atoms with Crippen LogP contribution in [0.1, 0.15) is 19.4 Å². The maximum absolute atomic E-state index is 13.2. The number of alkyl halides is 3. The van der Waals surface area contributed by atoms with Gasteiger partial charge < -0.3 is 15.2 Å². The molecule has 0 bridgehead atoms. The number of urea groups is 1. The van der Waals surface area contributed by atoms with Crippen molar-refractivity contribution in [2.45, 2.75) is 31.7 Å². The van der Waals surface area contributed by atoms with E-state index >= 15 is 0 Å². The third-order valence-electron chi connectivity index (χ3n) is 3.40. The zero-order chi connectivity index (χ0) is 18.7. The number of aliphatic hydroxyl groups is 1. The summed E-state index contributed by atoms with van der Waals surface area (Å²) in [6.07, 6.45) is -5.26. The van der Waals surface area contributed by atoms with Gasteiger partial charge >= 0.3 is 18.2 Å². The maximum atomic E-state index is 13.2. The van der Waals surface area contributed by atoms with E-state index in [2.05, 4.69) is 10.1 Å². The molecule has 6 nitrogen and oxygen atoms in total. The molecule has 2 N–H and O–H groups in total. The van der Waals surface area contributed by atoms with Crippen molar-refractivity contribution in [3.05, 3.63) is 29.8 Å². The molecule has 0 aliphatic carbocycles. The van der Waals surface area contributed by atoms with E-state index in [0.717, 1.165) is 19.2 Å². The summed E-state index contributed by atoms with van der Waals surface area (Å²) in [4.78, 5) is 24.7. The number of benzene rings is 1. The highest BCUT2D eigenvalue weighted by atomic mass is 19.4. The van der Waals surface area contributed by atoms with Crippen LogP contribution in [0, 0.1) is 0 Å². The van der Waals surface area contributed by atoms with Gasteiger partial charge in [0.25, 0.3) is 5.60 Å². The molecular formula is C15H19F3N2O4. The molecule has 2 amide bonds. The molecule has 1 aromatic carbocycles. The molecule has 0 heterocycles. The third-order valence-corrected chi connectivity index (χ3v) is 3.40. The molecule has 0 unspecified atom stereocenters. The molecule has 0 aliphatic heterocycles. The Morgan fingerprint density at radius 2 is 1.71 bits per heavy atom. The van der Waals surface area contributed by atoms with Crippen LogP contribution in [0.5, 0.6) is 0 Å². The number of anilines is 1. The van der Waals surface area contributed by atoms with E-state index in [4.69, 9.17) is 0 Å². The summed E-state index contributed by atoms with van der Waals surface area (Å²) in [6, 6.07) is 3.57. The summed E-state index contributed by atoms with van der Waals surface area (Å²) in [7, 11) is 2.17. The summed E-state index contributed by atoms with van der Waals surface area (Å²) < 4.78 is 43.6. The standard InChI is InChI=1S/C15H19F3N2O4/c1-9(2)20(13(22)19-3)11-7-5-10(6-8-11)14(23,12(21)24-4)15(16,17)18/h5-9,23H,1-4H3,(H,19,22)/t14-/m0/s1. The number of nitrogens with zero attached hydrogens (tertiary/aromatic N) is 1. The van der Waals surface area contributed by atoms with Crippen LogP contribution in [0.15, 0.2) is 24.3 Å². The fourth-order valence-electron chi connectivity index (χ4n) is 2.18. The highest BCUT2D eigenvalue weighted by Gasteiger charge is 2.62. The van der Waals surface area contributed by atoms with Gasteiger partial charge in [-0.05, 0) is 26.0 Å². The summed E-state index contributed by atoms with van der Waals surface area (Å²) in [6.45, 7) is 3.45. The number of carbonyl (C=O) groups is 2. The lowest BCUT2D eigenvalue weighted by molar-refractivity contribution is -0.266. The number of rotatable bonds is 4. The highest BCUT2D eigenvalue weighted by molar-refractivity contribution is 5.92. The van der Waals surface area contributed by atoms with Crippen LogP contribution in [0.3, 0.4) is 0 Å². The van der Waals surface area contributed by atoms with E-state index in [9.17, 15) is 27.9 Å². The van der Waals surface area contributed by atoms with E-state index in [1.165, 1.54) is 24.1 Å². The second kappa shape index (κ2) is 7.08. The predicted octanol–water partition coefficient (Wildman–Crippen LogP) is 2.16. The largest absolute Gasteiger partial charge is 0.466 e. The van der Waals surface area contributed by atoms with Gasteiger partial charge in [0.05, 0.1) is 7.11 Å². The van der Waals surface area contributed by atoms with Crippen LogP contribution in [0.4, 0.5) is 23.7 Å². The third kappa shape index (κ3) is 3.45. The van der Waals surface area contributed by atoms with E-state index in [1.54, 1.807) is 13.8 Å². The average Bonchev–Trinajstić information content (AvgIpc) is 2.52. The molecule has 24 heavy (non-hydrogen) atoms. The Morgan fingerprint density at radius 3 is 2.04 bits per heavy atom. The van der Waals surface area contributed by atoms with Gasteiger partial charge in [0, 0.05) is 24.3 Å². The zero-order valence-electron chi connectivity index (χ0n) is 13.6. The first-order valence-corrected chi connectivity index (χ1v) is 6.99. The minimum Gasteiger partial charge on any atom is -0.466 e. The van der Waals surface area contributed by atoms with Crippen molar-refractivity contribution < 1.29 is 32.6 Å². The Bertz CT molecular complexity index is 602. The van der Waals surface area contributed by atoms with Gasteiger partial charge in [0.1, 0.15) is 0 Å². The second-order valence-electron chi connectivity index (χ2n) is 5.27. The SMILES string of the molecule is CNC(=O)N(c1ccc([C@](O)(C(=O)OC)C(F)(F)F)cc1)C(C)C. The Balaban J connectivity index is 3.35. The van der Waals surface area contributed by atoms with Crippen LogP contribution in [-0.2, 0) is 15.1 Å². The molecule has 0 radical (unpaired) electrons. The first kappa shape index (κ1) is 19.8. The van der Waals surface area contributed by atoms with Crippen molar-refractivity contribution in [1.82, 2.24) is 5.32 Å². The quantitative estimate of drug-likeness (QED) is 0.818. The van der Waals surface area contributed by atoms with Crippen LogP contribution in [-0.4, -0.2) is 43.5 Å². The van der Waals surface area contributed by atoms with E-state index < -0.39 is 29.3 Å². The molecule has 1 atom stereocenters. The number of nitrogens with one attached hydrogen (secondary N) is 1. The molecule has 0 aromatic heterocycles. The van der Waals surface area contributed by atoms with E-state index in [0.29, 0.717) is 5.69 Å². The molecule has 1 rings (SSSR count). The number of halogens is 3. The number of amides is 2. The van der Waals surface area contributed by atoms with Gasteiger partial charge in [-0.3, -0.25) is 4.90 Å². The second-order valence-corrected chi connectivity index (χ2v) is 5.27. The summed E-state index contributed by atoms with van der Waals surface area (Å²) in [5.41, 5.74) is -4.18. The van der Waals surface area contributed by atoms with Crippen molar-refractivity contribution >= 4 is 17.7 Å². The lowest BCUT2D eigenvalue weighted by atomic mass is 9.93. The minimum absolute atomic E-state index is 0.266. The molecule has 0 saturated carbocycles. The molecule has 9 heteroatoms. The fourth-order valence-corrected chi connectivity index (χ4v) is 2.18. The first-order valence-electron chi connectivity index (χ1n) is 6.99. The smallest absolute Gasteiger partial charge is 0.432 e. The number of esters is 1. The van der Waals surface area contributed by atoms with Crippen molar-refractivity contribution in [2.75, 3.05) is 19.1 Å². The van der Waals surface area contributed by atoms with Gasteiger partial charge in [-0.15, -0.1) is 0 Å². The lowest BCUT2D eigenvalue weighted by Crippen LogP contribution is -2.50. The number of methoxy groups -OCH3 is 1. The van der Waals surface area contributed by atoms with Gasteiger partial charge in [-0.25, -0.2) is 9.59 Å². The van der Waals surface area contributed by atoms with Gasteiger partial charge in [-0.1, -0.05) is 12.1 Å². The molecule has 0 aliphatic rings. The number of carbonyl (C=O) groups excluding carboxylic acids is 2. The first-order chi connectivity index (χ1) is 11.0. The van der Waals surface area contributed by atoms with E-state index in [-0.39, 0.29) is 6.04 Å². The normalized spacial score (nSPS) is 14.0. The average molecular weight is 348 g/mol. The molecule has 0 fully saturated rings. The van der Waals surface area contributed by atoms with Gasteiger partial charge in [0.2, 0.25) is 0 Å². The Kier molecular flexibility index (Phi) is 5.83. The van der Waals surface area contributed by atoms with Gasteiger partial charge in [0.15, 0.2) is 0 Å². The topological polar surface area (TPSA) is 78.9 Å². The van der Waals surface area contributed by atoms with Crippen molar-refractivity contribution in [2.24, 2.45) is 0 Å². The van der Waals surface area contributed by atoms with Crippen LogP contribution in [0.2, 0.25) is 0 Å². The summed E-state index contributed by atoms with van der Waals surface area (Å²) in [5.74, 6) is -1.84. The predicted molar refractivity (Wildman–Crippen MR) is 80.5 cm³/mol. The highest BCUT2D eigenvalue weighted by Crippen LogP contribution is 2.40. The lowest BCUT2D eigenvalue weighted by Gasteiger charge is -2.29.